The molecule has 2 unspecified atom stereocenters. The molecule has 4 heteroatoms. The Morgan fingerprint density at radius 1 is 1.43 bits per heavy atom. The van der Waals surface area contributed by atoms with Crippen molar-refractivity contribution in [1.29, 1.82) is 0 Å². The highest BCUT2D eigenvalue weighted by Crippen LogP contribution is 2.45. The summed E-state index contributed by atoms with van der Waals surface area (Å²) < 4.78 is 6.03. The number of carboxylic acids is 1. The molecular formula is C19H27NO3. The summed E-state index contributed by atoms with van der Waals surface area (Å²) in [6.07, 6.45) is 2.50. The van der Waals surface area contributed by atoms with Crippen LogP contribution in [0.4, 0.5) is 0 Å². The van der Waals surface area contributed by atoms with Crippen LogP contribution in [0.15, 0.2) is 24.3 Å². The van der Waals surface area contributed by atoms with Crippen molar-refractivity contribution in [2.45, 2.75) is 39.0 Å². The van der Waals surface area contributed by atoms with Gasteiger partial charge in [0, 0.05) is 19.0 Å². The molecule has 3 rings (SSSR count). The molecule has 2 N–H and O–H groups in total. The molecule has 0 bridgehead atoms. The monoisotopic (exact) mass is 317 g/mol. The van der Waals surface area contributed by atoms with E-state index in [0.29, 0.717) is 18.4 Å². The van der Waals surface area contributed by atoms with E-state index in [-0.39, 0.29) is 17.8 Å². The molecule has 0 spiro atoms. The molecule has 1 saturated carbocycles. The molecule has 4 nitrogen and oxygen atoms in total. The minimum absolute atomic E-state index is 0.126. The molecule has 23 heavy (non-hydrogen) atoms. The van der Waals surface area contributed by atoms with Crippen LogP contribution in [0.25, 0.3) is 0 Å². The van der Waals surface area contributed by atoms with Crippen molar-refractivity contribution in [3.05, 3.63) is 29.8 Å². The summed E-state index contributed by atoms with van der Waals surface area (Å²) in [5.41, 5.74) is 1.37. The molecule has 0 radical (unpaired) electrons. The fourth-order valence-electron chi connectivity index (χ4n) is 3.55. The average molecular weight is 317 g/mol. The van der Waals surface area contributed by atoms with Gasteiger partial charge in [0.2, 0.25) is 0 Å². The minimum Gasteiger partial charge on any atom is -0.493 e. The van der Waals surface area contributed by atoms with Crippen LogP contribution in [0.2, 0.25) is 0 Å². The lowest BCUT2D eigenvalue weighted by Crippen LogP contribution is -2.27. The predicted octanol–water partition coefficient (Wildman–Crippen LogP) is 3.28. The second kappa shape index (κ2) is 6.52. The van der Waals surface area contributed by atoms with Gasteiger partial charge in [-0.15, -0.1) is 0 Å². The van der Waals surface area contributed by atoms with E-state index >= 15 is 0 Å². The topological polar surface area (TPSA) is 58.6 Å². The van der Waals surface area contributed by atoms with Gasteiger partial charge in [-0.2, -0.15) is 0 Å². The standard InChI is InChI=1S/C19H27NO3/c1-19(2)12-20-10-15(19)11-23-16-5-3-4-14(8-16)17(9-18(21)22)13-6-7-13/h3-5,8,13,15,17,20H,6-7,9-12H2,1-2H3,(H,21,22). The Hall–Kier alpha value is -1.55. The number of ether oxygens (including phenoxy) is 1. The van der Waals surface area contributed by atoms with Crippen molar-refractivity contribution in [2.75, 3.05) is 19.7 Å². The highest BCUT2D eigenvalue weighted by molar-refractivity contribution is 5.68. The van der Waals surface area contributed by atoms with Crippen molar-refractivity contribution in [1.82, 2.24) is 5.32 Å². The summed E-state index contributed by atoms with van der Waals surface area (Å²) in [4.78, 5) is 11.1. The maximum absolute atomic E-state index is 11.1. The Balaban J connectivity index is 1.66. The summed E-state index contributed by atoms with van der Waals surface area (Å²) in [7, 11) is 0. The zero-order valence-electron chi connectivity index (χ0n) is 14.0. The van der Waals surface area contributed by atoms with Gasteiger partial charge >= 0.3 is 5.97 Å². The molecular weight excluding hydrogens is 290 g/mol. The molecule has 1 saturated heterocycles. The van der Waals surface area contributed by atoms with Gasteiger partial charge in [-0.3, -0.25) is 4.79 Å². The lowest BCUT2D eigenvalue weighted by Gasteiger charge is -2.25. The van der Waals surface area contributed by atoms with Crippen LogP contribution in [0.5, 0.6) is 5.75 Å². The lowest BCUT2D eigenvalue weighted by molar-refractivity contribution is -0.137. The predicted molar refractivity (Wildman–Crippen MR) is 89.8 cm³/mol. The molecule has 1 aliphatic carbocycles. The highest BCUT2D eigenvalue weighted by Gasteiger charge is 2.35. The Morgan fingerprint density at radius 3 is 2.83 bits per heavy atom. The molecule has 1 aliphatic heterocycles. The largest absolute Gasteiger partial charge is 0.493 e. The first-order chi connectivity index (χ1) is 11.0. The second-order valence-electron chi connectivity index (χ2n) is 7.74. The van der Waals surface area contributed by atoms with Gasteiger partial charge in [0.15, 0.2) is 0 Å². The number of nitrogens with one attached hydrogen (secondary N) is 1. The SMILES string of the molecule is CC1(C)CNCC1COc1cccc(C(CC(=O)O)C2CC2)c1. The van der Waals surface area contributed by atoms with E-state index in [1.165, 1.54) is 0 Å². The Bertz CT molecular complexity index is 565. The van der Waals surface area contributed by atoms with Crippen LogP contribution >= 0.6 is 0 Å². The number of hydrogen-bond donors (Lipinski definition) is 2. The molecule has 2 aliphatic rings. The first-order valence-electron chi connectivity index (χ1n) is 8.61. The van der Waals surface area contributed by atoms with Crippen LogP contribution in [0.1, 0.15) is 44.6 Å². The molecule has 1 heterocycles. The molecule has 0 aromatic heterocycles. The van der Waals surface area contributed by atoms with E-state index in [2.05, 4.69) is 19.2 Å². The highest BCUT2D eigenvalue weighted by atomic mass is 16.5. The fourth-order valence-corrected chi connectivity index (χ4v) is 3.55. The summed E-state index contributed by atoms with van der Waals surface area (Å²) in [5.74, 6) is 1.30. The van der Waals surface area contributed by atoms with Crippen molar-refractivity contribution >= 4 is 5.97 Å². The normalized spacial score (nSPS) is 24.3. The number of carboxylic acid groups (broad SMARTS) is 1. The smallest absolute Gasteiger partial charge is 0.303 e. The van der Waals surface area contributed by atoms with Gasteiger partial charge in [-0.25, -0.2) is 0 Å². The van der Waals surface area contributed by atoms with Crippen LogP contribution < -0.4 is 10.1 Å². The lowest BCUT2D eigenvalue weighted by atomic mass is 9.83. The van der Waals surface area contributed by atoms with Crippen LogP contribution in [-0.4, -0.2) is 30.8 Å². The number of benzene rings is 1. The molecule has 126 valence electrons. The van der Waals surface area contributed by atoms with Gasteiger partial charge < -0.3 is 15.2 Å². The van der Waals surface area contributed by atoms with E-state index in [9.17, 15) is 4.79 Å². The Kier molecular flexibility index (Phi) is 4.62. The van der Waals surface area contributed by atoms with Gasteiger partial charge in [-0.1, -0.05) is 26.0 Å². The third kappa shape index (κ3) is 4.05. The van der Waals surface area contributed by atoms with Crippen LogP contribution in [0.3, 0.4) is 0 Å². The molecule has 1 aromatic carbocycles. The first kappa shape index (κ1) is 16.3. The Morgan fingerprint density at radius 2 is 2.22 bits per heavy atom. The minimum atomic E-state index is -0.716. The van der Waals surface area contributed by atoms with Gasteiger partial charge in [0.25, 0.3) is 0 Å². The quantitative estimate of drug-likeness (QED) is 0.810. The van der Waals surface area contributed by atoms with Crippen molar-refractivity contribution < 1.29 is 14.6 Å². The van der Waals surface area contributed by atoms with Crippen LogP contribution in [-0.2, 0) is 4.79 Å². The van der Waals surface area contributed by atoms with Crippen molar-refractivity contribution in [2.24, 2.45) is 17.3 Å². The summed E-state index contributed by atoms with van der Waals surface area (Å²) in [5, 5.41) is 12.6. The van der Waals surface area contributed by atoms with E-state index in [1.807, 2.05) is 24.3 Å². The third-order valence-electron chi connectivity index (χ3n) is 5.40. The first-order valence-corrected chi connectivity index (χ1v) is 8.61. The molecule has 1 aromatic rings. The maximum atomic E-state index is 11.1. The van der Waals surface area contributed by atoms with Crippen molar-refractivity contribution in [3.63, 3.8) is 0 Å². The van der Waals surface area contributed by atoms with Gasteiger partial charge in [0.1, 0.15) is 5.75 Å². The van der Waals surface area contributed by atoms with E-state index in [0.717, 1.165) is 37.2 Å². The van der Waals surface area contributed by atoms with E-state index in [4.69, 9.17) is 9.84 Å². The number of carbonyl (C=O) groups is 1. The molecule has 2 fully saturated rings. The fraction of sp³-hybridized carbons (Fsp3) is 0.632. The second-order valence-corrected chi connectivity index (χ2v) is 7.74. The van der Waals surface area contributed by atoms with Gasteiger partial charge in [0.05, 0.1) is 13.0 Å². The zero-order valence-corrected chi connectivity index (χ0v) is 14.0. The Labute approximate surface area is 138 Å². The van der Waals surface area contributed by atoms with E-state index in [1.54, 1.807) is 0 Å². The number of hydrogen-bond acceptors (Lipinski definition) is 3. The van der Waals surface area contributed by atoms with Crippen molar-refractivity contribution in [3.8, 4) is 5.75 Å². The third-order valence-corrected chi connectivity index (χ3v) is 5.40. The average Bonchev–Trinajstić information content (AvgIpc) is 3.27. The number of aliphatic carboxylic acids is 1. The van der Waals surface area contributed by atoms with Gasteiger partial charge in [-0.05, 0) is 47.8 Å². The van der Waals surface area contributed by atoms with E-state index < -0.39 is 5.97 Å². The zero-order chi connectivity index (χ0) is 16.4. The number of rotatable bonds is 7. The molecule has 2 atom stereocenters. The summed E-state index contributed by atoms with van der Waals surface area (Å²) in [6.45, 7) is 7.27. The summed E-state index contributed by atoms with van der Waals surface area (Å²) in [6, 6.07) is 8.05. The summed E-state index contributed by atoms with van der Waals surface area (Å²) >= 11 is 0. The van der Waals surface area contributed by atoms with Crippen LogP contribution in [0, 0.1) is 17.3 Å². The molecule has 0 amide bonds. The maximum Gasteiger partial charge on any atom is 0.303 e.